The number of rotatable bonds is 2. The van der Waals surface area contributed by atoms with Crippen LogP contribution in [0.15, 0.2) is 27.7 Å². The predicted molar refractivity (Wildman–Crippen MR) is 74.1 cm³/mol. The van der Waals surface area contributed by atoms with E-state index in [-0.39, 0.29) is 26.3 Å². The minimum Gasteiger partial charge on any atom is -0.256 e. The smallest absolute Gasteiger partial charge is 0.193 e. The summed E-state index contributed by atoms with van der Waals surface area (Å²) in [7, 11) is -2.03. The Morgan fingerprint density at radius 3 is 2.55 bits per heavy atom. The number of sulfone groups is 1. The topological polar surface area (TPSA) is 75.8 Å². The number of hydrogen-bond acceptors (Lipinski definition) is 4. The molecule has 0 saturated carbocycles. The molecule has 0 atom stereocenters. The van der Waals surface area contributed by atoms with Gasteiger partial charge in [0.25, 0.3) is 0 Å². The standard InChI is InChI=1S/C12H9BrFN3O2S/c1-17-12(20(2,18)19)10(13)11(16-17)8-4-3-7(6-15)5-9(8)14/h3-5H,1-2H3. The molecule has 0 bridgehead atoms. The normalized spacial score (nSPS) is 11.3. The van der Waals surface area contributed by atoms with Gasteiger partial charge in [-0.15, -0.1) is 0 Å². The van der Waals surface area contributed by atoms with E-state index in [2.05, 4.69) is 21.0 Å². The highest BCUT2D eigenvalue weighted by Gasteiger charge is 2.24. The van der Waals surface area contributed by atoms with Gasteiger partial charge in [0.2, 0.25) is 0 Å². The highest BCUT2D eigenvalue weighted by molar-refractivity contribution is 9.10. The van der Waals surface area contributed by atoms with E-state index in [1.807, 2.05) is 6.07 Å². The van der Waals surface area contributed by atoms with Crippen LogP contribution in [0.5, 0.6) is 0 Å². The van der Waals surface area contributed by atoms with E-state index in [0.29, 0.717) is 0 Å². The number of halogens is 2. The summed E-state index contributed by atoms with van der Waals surface area (Å²) in [6.07, 6.45) is 1.05. The molecule has 0 amide bonds. The molecule has 1 heterocycles. The molecule has 1 aromatic carbocycles. The van der Waals surface area contributed by atoms with Crippen molar-refractivity contribution < 1.29 is 12.8 Å². The van der Waals surface area contributed by atoms with Gasteiger partial charge in [-0.05, 0) is 34.1 Å². The second kappa shape index (κ2) is 5.00. The molecule has 2 aromatic rings. The third-order valence-electron chi connectivity index (χ3n) is 2.64. The Morgan fingerprint density at radius 2 is 2.10 bits per heavy atom. The van der Waals surface area contributed by atoms with Crippen LogP contribution in [-0.4, -0.2) is 24.5 Å². The third-order valence-corrected chi connectivity index (χ3v) is 4.83. The van der Waals surface area contributed by atoms with E-state index in [9.17, 15) is 12.8 Å². The van der Waals surface area contributed by atoms with Gasteiger partial charge in [-0.3, -0.25) is 4.68 Å². The highest BCUT2D eigenvalue weighted by Crippen LogP contribution is 2.34. The second-order valence-corrected chi connectivity index (χ2v) is 6.89. The van der Waals surface area contributed by atoms with Crippen molar-refractivity contribution in [1.29, 1.82) is 5.26 Å². The molecule has 0 saturated heterocycles. The van der Waals surface area contributed by atoms with Crippen molar-refractivity contribution in [2.75, 3.05) is 6.26 Å². The van der Waals surface area contributed by atoms with Crippen LogP contribution in [0.2, 0.25) is 0 Å². The van der Waals surface area contributed by atoms with Gasteiger partial charge in [0, 0.05) is 18.9 Å². The first-order valence-electron chi connectivity index (χ1n) is 5.38. The van der Waals surface area contributed by atoms with Gasteiger partial charge in [0.05, 0.1) is 16.1 Å². The molecule has 0 radical (unpaired) electrons. The monoisotopic (exact) mass is 357 g/mol. The fourth-order valence-electron chi connectivity index (χ4n) is 1.83. The molecule has 0 aliphatic carbocycles. The maximum atomic E-state index is 14.0. The number of aromatic nitrogens is 2. The summed E-state index contributed by atoms with van der Waals surface area (Å²) in [4.78, 5) is 0. The Labute approximate surface area is 123 Å². The zero-order valence-corrected chi connectivity index (χ0v) is 13.0. The van der Waals surface area contributed by atoms with Crippen molar-refractivity contribution in [3.05, 3.63) is 34.1 Å². The summed E-state index contributed by atoms with van der Waals surface area (Å²) in [6.45, 7) is 0. The molecule has 8 heteroatoms. The lowest BCUT2D eigenvalue weighted by molar-refractivity contribution is 0.582. The maximum Gasteiger partial charge on any atom is 0.193 e. The van der Waals surface area contributed by atoms with Crippen LogP contribution >= 0.6 is 15.9 Å². The first-order chi connectivity index (χ1) is 9.25. The Hall–Kier alpha value is -1.72. The average Bonchev–Trinajstić information content (AvgIpc) is 2.63. The molecule has 5 nitrogen and oxygen atoms in total. The van der Waals surface area contributed by atoms with Crippen LogP contribution in [0, 0.1) is 17.1 Å². The van der Waals surface area contributed by atoms with Crippen LogP contribution in [0.3, 0.4) is 0 Å². The summed E-state index contributed by atoms with van der Waals surface area (Å²) in [6, 6.07) is 5.75. The van der Waals surface area contributed by atoms with Crippen molar-refractivity contribution in [1.82, 2.24) is 9.78 Å². The molecule has 0 fully saturated rings. The van der Waals surface area contributed by atoms with Crippen LogP contribution in [-0.2, 0) is 16.9 Å². The zero-order chi connectivity index (χ0) is 15.1. The Kier molecular flexibility index (Phi) is 3.67. The molecule has 0 aliphatic heterocycles. The number of aryl methyl sites for hydroxylation is 1. The van der Waals surface area contributed by atoms with E-state index in [1.54, 1.807) is 0 Å². The molecule has 1 aromatic heterocycles. The Morgan fingerprint density at radius 1 is 1.45 bits per heavy atom. The maximum absolute atomic E-state index is 14.0. The fraction of sp³-hybridized carbons (Fsp3) is 0.167. The number of nitrogens with zero attached hydrogens (tertiary/aromatic N) is 3. The van der Waals surface area contributed by atoms with Gasteiger partial charge in [-0.1, -0.05) is 0 Å². The van der Waals surface area contributed by atoms with Gasteiger partial charge in [-0.2, -0.15) is 10.4 Å². The average molecular weight is 358 g/mol. The number of hydrogen-bond donors (Lipinski definition) is 0. The predicted octanol–water partition coefficient (Wildman–Crippen LogP) is 2.26. The molecule has 0 unspecified atom stereocenters. The molecule has 0 spiro atoms. The SMILES string of the molecule is Cn1nc(-c2ccc(C#N)cc2F)c(Br)c1S(C)(=O)=O. The number of nitriles is 1. The fourth-order valence-corrected chi connectivity index (χ4v) is 4.21. The first kappa shape index (κ1) is 14.7. The lowest BCUT2D eigenvalue weighted by atomic mass is 10.1. The van der Waals surface area contributed by atoms with Gasteiger partial charge >= 0.3 is 0 Å². The molecule has 0 aliphatic rings. The second-order valence-electron chi connectivity index (χ2n) is 4.17. The van der Waals surface area contributed by atoms with Crippen molar-refractivity contribution in [2.45, 2.75) is 5.03 Å². The van der Waals surface area contributed by atoms with Gasteiger partial charge in [-0.25, -0.2) is 12.8 Å². The van der Waals surface area contributed by atoms with Gasteiger partial charge < -0.3 is 0 Å². The molecule has 104 valence electrons. The lowest BCUT2D eigenvalue weighted by Crippen LogP contribution is -2.05. The zero-order valence-electron chi connectivity index (χ0n) is 10.6. The van der Waals surface area contributed by atoms with Crippen LogP contribution in [0.4, 0.5) is 4.39 Å². The third kappa shape index (κ3) is 2.46. The van der Waals surface area contributed by atoms with Crippen molar-refractivity contribution in [3.8, 4) is 17.3 Å². The summed E-state index contributed by atoms with van der Waals surface area (Å²) >= 11 is 3.15. The molecular formula is C12H9BrFN3O2S. The molecule has 2 rings (SSSR count). The first-order valence-corrected chi connectivity index (χ1v) is 8.06. The Balaban J connectivity index is 2.70. The van der Waals surface area contributed by atoms with E-state index >= 15 is 0 Å². The van der Waals surface area contributed by atoms with Crippen molar-refractivity contribution in [3.63, 3.8) is 0 Å². The minimum absolute atomic E-state index is 0.0312. The summed E-state index contributed by atoms with van der Waals surface area (Å²) in [5, 5.41) is 12.7. The van der Waals surface area contributed by atoms with Crippen LogP contribution in [0.25, 0.3) is 11.3 Å². The van der Waals surface area contributed by atoms with E-state index in [0.717, 1.165) is 12.3 Å². The van der Waals surface area contributed by atoms with E-state index in [1.165, 1.54) is 23.9 Å². The molecular weight excluding hydrogens is 349 g/mol. The van der Waals surface area contributed by atoms with Crippen molar-refractivity contribution >= 4 is 25.8 Å². The van der Waals surface area contributed by atoms with E-state index < -0.39 is 15.7 Å². The molecule has 20 heavy (non-hydrogen) atoms. The highest BCUT2D eigenvalue weighted by atomic mass is 79.9. The van der Waals surface area contributed by atoms with Crippen molar-refractivity contribution in [2.24, 2.45) is 7.05 Å². The summed E-state index contributed by atoms with van der Waals surface area (Å²) in [5.41, 5.74) is 0.484. The summed E-state index contributed by atoms with van der Waals surface area (Å²) < 4.78 is 38.7. The van der Waals surface area contributed by atoms with Crippen LogP contribution < -0.4 is 0 Å². The minimum atomic E-state index is -3.50. The number of benzene rings is 1. The Bertz CT molecular complexity index is 837. The quantitative estimate of drug-likeness (QED) is 0.825. The van der Waals surface area contributed by atoms with Gasteiger partial charge in [0.1, 0.15) is 11.5 Å². The van der Waals surface area contributed by atoms with Gasteiger partial charge in [0.15, 0.2) is 14.9 Å². The molecule has 0 N–H and O–H groups in total. The summed E-state index contributed by atoms with van der Waals surface area (Å²) in [5.74, 6) is -0.636. The van der Waals surface area contributed by atoms with Crippen LogP contribution in [0.1, 0.15) is 5.56 Å². The lowest BCUT2D eigenvalue weighted by Gasteiger charge is -2.01. The van der Waals surface area contributed by atoms with E-state index in [4.69, 9.17) is 5.26 Å². The largest absolute Gasteiger partial charge is 0.256 e.